The lowest BCUT2D eigenvalue weighted by Gasteiger charge is -2.57. The van der Waals surface area contributed by atoms with E-state index in [4.69, 9.17) is 9.47 Å². The number of hydrogen-bond acceptors (Lipinski definition) is 5. The summed E-state index contributed by atoms with van der Waals surface area (Å²) in [7, 11) is -1.04. The Hall–Kier alpha value is -2.74. The molecule has 4 aliphatic carbocycles. The predicted molar refractivity (Wildman–Crippen MR) is 130 cm³/mol. The highest BCUT2D eigenvalue weighted by Gasteiger charge is 2.51. The lowest BCUT2D eigenvalue weighted by Crippen LogP contribution is -2.61. The molecule has 2 aromatic carbocycles. The molecule has 6 rings (SSSR count). The molecule has 0 spiro atoms. The summed E-state index contributed by atoms with van der Waals surface area (Å²) in [6.45, 7) is -0.331. The Labute approximate surface area is 201 Å². The zero-order valence-corrected chi connectivity index (χ0v) is 20.5. The molecule has 0 atom stereocenters. The summed E-state index contributed by atoms with van der Waals surface area (Å²) in [5.74, 6) is 2.57. The van der Waals surface area contributed by atoms with Crippen molar-refractivity contribution >= 4 is 21.6 Å². The minimum atomic E-state index is -4.04. The van der Waals surface area contributed by atoms with Gasteiger partial charge in [0.25, 0.3) is 10.0 Å². The van der Waals surface area contributed by atoms with E-state index in [0.717, 1.165) is 23.6 Å². The van der Waals surface area contributed by atoms with Gasteiger partial charge in [0.15, 0.2) is 0 Å². The van der Waals surface area contributed by atoms with Gasteiger partial charge in [-0.25, -0.2) is 8.42 Å². The number of carbonyl (C=O) groups excluding carboxylic acids is 1. The average Bonchev–Trinajstić information content (AvgIpc) is 2.81. The molecule has 2 aromatic rings. The fourth-order valence-electron chi connectivity index (χ4n) is 6.74. The van der Waals surface area contributed by atoms with Crippen molar-refractivity contribution in [2.75, 3.05) is 25.1 Å². The van der Waals surface area contributed by atoms with E-state index in [1.807, 2.05) is 0 Å². The Morgan fingerprint density at radius 3 is 2.15 bits per heavy atom. The molecular formula is C26H32N2O5S. The lowest BCUT2D eigenvalue weighted by atomic mass is 9.53. The Morgan fingerprint density at radius 1 is 0.971 bits per heavy atom. The number of rotatable bonds is 8. The number of amides is 1. The number of benzene rings is 2. The normalized spacial score (nSPS) is 27.3. The molecule has 0 aromatic heterocycles. The predicted octanol–water partition coefficient (Wildman–Crippen LogP) is 3.98. The molecule has 1 amide bonds. The molecule has 7 nitrogen and oxygen atoms in total. The summed E-state index contributed by atoms with van der Waals surface area (Å²) >= 11 is 0. The van der Waals surface area contributed by atoms with Gasteiger partial charge in [-0.2, -0.15) is 0 Å². The zero-order valence-electron chi connectivity index (χ0n) is 19.7. The molecule has 4 fully saturated rings. The van der Waals surface area contributed by atoms with Crippen LogP contribution in [-0.4, -0.2) is 40.6 Å². The van der Waals surface area contributed by atoms with Crippen molar-refractivity contribution in [3.8, 4) is 11.5 Å². The fourth-order valence-corrected chi connectivity index (χ4v) is 8.18. The van der Waals surface area contributed by atoms with Crippen LogP contribution < -0.4 is 19.1 Å². The van der Waals surface area contributed by atoms with Crippen molar-refractivity contribution < 1.29 is 22.7 Å². The number of nitrogens with one attached hydrogen (secondary N) is 1. The molecule has 4 saturated carbocycles. The quantitative estimate of drug-likeness (QED) is 0.613. The van der Waals surface area contributed by atoms with Gasteiger partial charge >= 0.3 is 0 Å². The van der Waals surface area contributed by atoms with Gasteiger partial charge in [-0.1, -0.05) is 18.2 Å². The summed E-state index contributed by atoms with van der Waals surface area (Å²) < 4.78 is 39.5. The molecule has 8 heteroatoms. The minimum absolute atomic E-state index is 0.113. The second-order valence-corrected chi connectivity index (χ2v) is 12.0. The van der Waals surface area contributed by atoms with Crippen LogP contribution in [0.2, 0.25) is 0 Å². The summed E-state index contributed by atoms with van der Waals surface area (Å²) in [6, 6.07) is 13.1. The Balaban J connectivity index is 1.48. The molecule has 182 valence electrons. The van der Waals surface area contributed by atoms with Gasteiger partial charge in [0.2, 0.25) is 5.91 Å². The number of carbonyl (C=O) groups is 1. The number of anilines is 1. The van der Waals surface area contributed by atoms with Crippen LogP contribution >= 0.6 is 0 Å². The largest absolute Gasteiger partial charge is 0.497 e. The van der Waals surface area contributed by atoms with Crippen LogP contribution in [0.4, 0.5) is 5.69 Å². The molecule has 4 bridgehead atoms. The number of methoxy groups -OCH3 is 2. The summed E-state index contributed by atoms with van der Waals surface area (Å²) in [6.07, 6.45) is 6.80. The van der Waals surface area contributed by atoms with E-state index < -0.39 is 10.0 Å². The molecule has 4 aliphatic rings. The zero-order chi connectivity index (χ0) is 23.9. The van der Waals surface area contributed by atoms with E-state index in [1.54, 1.807) is 36.4 Å². The Morgan fingerprint density at radius 2 is 1.59 bits per heavy atom. The van der Waals surface area contributed by atoms with Gasteiger partial charge in [-0.05, 0) is 80.5 Å². The van der Waals surface area contributed by atoms with Gasteiger partial charge < -0.3 is 14.8 Å². The standard InChI is InChI=1S/C26H32N2O5S/c1-32-21-8-9-24(33-2)23(13-21)28(34(30,31)22-6-4-3-5-7-22)17-25(29)27-26-14-18-10-19(15-26)12-20(11-18)16-26/h3-9,13,18-20H,10-12,14-17H2,1-2H3,(H,27,29). The van der Waals surface area contributed by atoms with Crippen molar-refractivity contribution in [2.24, 2.45) is 17.8 Å². The maximum atomic E-state index is 13.7. The highest BCUT2D eigenvalue weighted by atomic mass is 32.2. The smallest absolute Gasteiger partial charge is 0.264 e. The maximum Gasteiger partial charge on any atom is 0.264 e. The van der Waals surface area contributed by atoms with E-state index in [0.29, 0.717) is 29.3 Å². The van der Waals surface area contributed by atoms with Crippen molar-refractivity contribution in [2.45, 2.75) is 49.0 Å². The molecule has 34 heavy (non-hydrogen) atoms. The van der Waals surface area contributed by atoms with E-state index in [9.17, 15) is 13.2 Å². The van der Waals surface area contributed by atoms with E-state index in [2.05, 4.69) is 5.32 Å². The number of nitrogens with zero attached hydrogens (tertiary/aromatic N) is 1. The molecule has 0 saturated heterocycles. The summed E-state index contributed by atoms with van der Waals surface area (Å²) in [4.78, 5) is 13.6. The number of ether oxygens (including phenoxy) is 2. The third-order valence-corrected chi connectivity index (χ3v) is 9.49. The third-order valence-electron chi connectivity index (χ3n) is 7.72. The van der Waals surface area contributed by atoms with E-state index in [1.165, 1.54) is 45.6 Å². The first-order chi connectivity index (χ1) is 16.3. The Bertz CT molecular complexity index is 1130. The van der Waals surface area contributed by atoms with Gasteiger partial charge in [-0.3, -0.25) is 9.10 Å². The highest BCUT2D eigenvalue weighted by Crippen LogP contribution is 2.55. The topological polar surface area (TPSA) is 84.9 Å². The van der Waals surface area contributed by atoms with Crippen LogP contribution in [0, 0.1) is 17.8 Å². The average molecular weight is 485 g/mol. The molecule has 1 N–H and O–H groups in total. The van der Waals surface area contributed by atoms with Crippen LogP contribution in [0.5, 0.6) is 11.5 Å². The van der Waals surface area contributed by atoms with Crippen molar-refractivity contribution in [3.05, 3.63) is 48.5 Å². The van der Waals surface area contributed by atoms with Gasteiger partial charge in [0, 0.05) is 11.6 Å². The minimum Gasteiger partial charge on any atom is -0.497 e. The van der Waals surface area contributed by atoms with Crippen molar-refractivity contribution in [3.63, 3.8) is 0 Å². The third kappa shape index (κ3) is 4.24. The van der Waals surface area contributed by atoms with Crippen LogP contribution in [0.15, 0.2) is 53.4 Å². The molecule has 0 unspecified atom stereocenters. The monoisotopic (exact) mass is 484 g/mol. The van der Waals surface area contributed by atoms with Crippen LogP contribution in [0.25, 0.3) is 0 Å². The van der Waals surface area contributed by atoms with Crippen LogP contribution in [0.1, 0.15) is 38.5 Å². The molecule has 0 aliphatic heterocycles. The van der Waals surface area contributed by atoms with E-state index >= 15 is 0 Å². The lowest BCUT2D eigenvalue weighted by molar-refractivity contribution is -0.125. The van der Waals surface area contributed by atoms with Crippen molar-refractivity contribution in [1.82, 2.24) is 5.32 Å². The first-order valence-corrected chi connectivity index (χ1v) is 13.4. The SMILES string of the molecule is COc1ccc(OC)c(N(CC(=O)NC23CC4CC(CC(C4)C2)C3)S(=O)(=O)c2ccccc2)c1. The molecular weight excluding hydrogens is 452 g/mol. The molecule has 0 heterocycles. The summed E-state index contributed by atoms with van der Waals surface area (Å²) in [5.41, 5.74) is 0.0679. The highest BCUT2D eigenvalue weighted by molar-refractivity contribution is 7.92. The second-order valence-electron chi connectivity index (χ2n) is 10.1. The Kier molecular flexibility index (Phi) is 5.96. The number of hydrogen-bond donors (Lipinski definition) is 1. The first-order valence-electron chi connectivity index (χ1n) is 11.9. The second kappa shape index (κ2) is 8.80. The maximum absolute atomic E-state index is 13.7. The van der Waals surface area contributed by atoms with Gasteiger partial charge in [0.1, 0.15) is 18.0 Å². The van der Waals surface area contributed by atoms with Crippen LogP contribution in [0.3, 0.4) is 0 Å². The first kappa shape index (κ1) is 23.0. The van der Waals surface area contributed by atoms with E-state index in [-0.39, 0.29) is 28.6 Å². The number of sulfonamides is 1. The van der Waals surface area contributed by atoms with Crippen molar-refractivity contribution in [1.29, 1.82) is 0 Å². The van der Waals surface area contributed by atoms with Gasteiger partial charge in [0.05, 0.1) is 24.8 Å². The fraction of sp³-hybridized carbons (Fsp3) is 0.500. The van der Waals surface area contributed by atoms with Gasteiger partial charge in [-0.15, -0.1) is 0 Å². The van der Waals surface area contributed by atoms with Crippen LogP contribution in [-0.2, 0) is 14.8 Å². The summed E-state index contributed by atoms with van der Waals surface area (Å²) in [5, 5.41) is 3.30. The molecule has 0 radical (unpaired) electrons.